The molecule has 2 fully saturated rings. The summed E-state index contributed by atoms with van der Waals surface area (Å²) in [5, 5.41) is 0. The number of likely N-dealkylation sites (tertiary alicyclic amines) is 1. The van der Waals surface area contributed by atoms with Crippen molar-refractivity contribution in [2.24, 2.45) is 34.1 Å². The normalized spacial score (nSPS) is 34.4. The number of quaternary nitrogens is 1. The monoisotopic (exact) mass is 296 g/mol. The van der Waals surface area contributed by atoms with Crippen LogP contribution in [0.3, 0.4) is 0 Å². The third-order valence-electron chi connectivity index (χ3n) is 5.76. The smallest absolute Gasteiger partial charge is 0.223 e. The molecule has 2 aliphatic rings. The van der Waals surface area contributed by atoms with Crippen molar-refractivity contribution >= 4 is 11.8 Å². The second-order valence-electron chi connectivity index (χ2n) is 8.48. The Balaban J connectivity index is 2.16. The predicted molar refractivity (Wildman–Crippen MR) is 81.9 cm³/mol. The molecule has 0 radical (unpaired) electrons. The Bertz CT molecular complexity index is 456. The van der Waals surface area contributed by atoms with Crippen LogP contribution in [-0.2, 0) is 9.59 Å². The molecule has 0 spiro atoms. The average Bonchev–Trinajstić information content (AvgIpc) is 3.03. The van der Waals surface area contributed by atoms with Crippen LogP contribution in [0.15, 0.2) is 0 Å². The van der Waals surface area contributed by atoms with E-state index >= 15 is 0 Å². The van der Waals surface area contributed by atoms with Crippen LogP contribution in [0.4, 0.5) is 0 Å². The van der Waals surface area contributed by atoms with Crippen LogP contribution >= 0.6 is 0 Å². The lowest BCUT2D eigenvalue weighted by molar-refractivity contribution is -0.882. The number of primary amides is 2. The first-order valence-electron chi connectivity index (χ1n) is 7.91. The van der Waals surface area contributed by atoms with Gasteiger partial charge in [-0.15, -0.1) is 0 Å². The molecular weight excluding hydrogens is 266 g/mol. The summed E-state index contributed by atoms with van der Waals surface area (Å²) in [5.74, 6) is -0.0862. The molecule has 21 heavy (non-hydrogen) atoms. The van der Waals surface area contributed by atoms with Gasteiger partial charge in [0.05, 0.1) is 27.2 Å². The van der Waals surface area contributed by atoms with E-state index in [1.54, 1.807) is 0 Å². The Morgan fingerprint density at radius 2 is 1.86 bits per heavy atom. The minimum Gasteiger partial charge on any atom is -0.369 e. The summed E-state index contributed by atoms with van der Waals surface area (Å²) >= 11 is 0. The molecule has 0 bridgehead atoms. The van der Waals surface area contributed by atoms with Gasteiger partial charge in [0.15, 0.2) is 0 Å². The molecule has 4 N–H and O–H groups in total. The third kappa shape index (κ3) is 3.23. The minimum absolute atomic E-state index is 0.0446. The molecule has 1 aliphatic heterocycles. The van der Waals surface area contributed by atoms with Crippen molar-refractivity contribution in [3.8, 4) is 0 Å². The van der Waals surface area contributed by atoms with Gasteiger partial charge >= 0.3 is 0 Å². The molecule has 0 aromatic heterocycles. The van der Waals surface area contributed by atoms with Crippen LogP contribution in [0.2, 0.25) is 0 Å². The Morgan fingerprint density at radius 3 is 2.29 bits per heavy atom. The SMILES string of the molecule is CC(CC1(C)C[N+](C)(C)CC1CC1(C(N)=O)CC1)C(N)=O. The van der Waals surface area contributed by atoms with Crippen LogP contribution in [0.5, 0.6) is 0 Å². The van der Waals surface area contributed by atoms with E-state index in [-0.39, 0.29) is 28.6 Å². The average molecular weight is 296 g/mol. The Labute approximate surface area is 127 Å². The maximum Gasteiger partial charge on any atom is 0.223 e. The maximum atomic E-state index is 11.7. The van der Waals surface area contributed by atoms with E-state index in [1.165, 1.54) is 0 Å². The molecule has 0 aromatic carbocycles. The number of carbonyl (C=O) groups excluding carboxylic acids is 2. The van der Waals surface area contributed by atoms with Crippen LogP contribution in [0, 0.1) is 22.7 Å². The van der Waals surface area contributed by atoms with Crippen LogP contribution in [0.1, 0.15) is 39.5 Å². The summed E-state index contributed by atoms with van der Waals surface area (Å²) < 4.78 is 0.932. The van der Waals surface area contributed by atoms with Crippen molar-refractivity contribution in [2.75, 3.05) is 27.2 Å². The zero-order valence-corrected chi connectivity index (χ0v) is 13.8. The second kappa shape index (κ2) is 4.97. The van der Waals surface area contributed by atoms with E-state index in [4.69, 9.17) is 11.5 Å². The molecule has 1 saturated carbocycles. The van der Waals surface area contributed by atoms with Crippen molar-refractivity contribution in [3.63, 3.8) is 0 Å². The molecule has 5 nitrogen and oxygen atoms in total. The lowest BCUT2D eigenvalue weighted by Crippen LogP contribution is -2.39. The number of hydrogen-bond donors (Lipinski definition) is 2. The zero-order valence-electron chi connectivity index (χ0n) is 13.8. The first-order valence-corrected chi connectivity index (χ1v) is 7.91. The fourth-order valence-electron chi connectivity index (χ4n) is 4.50. The first-order chi connectivity index (χ1) is 9.50. The Hall–Kier alpha value is -1.10. The first kappa shape index (κ1) is 16.3. The van der Waals surface area contributed by atoms with Gasteiger partial charge in [-0.1, -0.05) is 13.8 Å². The van der Waals surface area contributed by atoms with E-state index < -0.39 is 0 Å². The van der Waals surface area contributed by atoms with Crippen LogP contribution < -0.4 is 11.5 Å². The van der Waals surface area contributed by atoms with Crippen molar-refractivity contribution in [3.05, 3.63) is 0 Å². The van der Waals surface area contributed by atoms with Crippen molar-refractivity contribution in [1.29, 1.82) is 0 Å². The number of hydrogen-bond acceptors (Lipinski definition) is 2. The largest absolute Gasteiger partial charge is 0.369 e. The molecule has 5 heteroatoms. The molecule has 1 saturated heterocycles. The highest BCUT2D eigenvalue weighted by atomic mass is 16.1. The zero-order chi connectivity index (χ0) is 16.1. The summed E-state index contributed by atoms with van der Waals surface area (Å²) in [4.78, 5) is 23.2. The lowest BCUT2D eigenvalue weighted by atomic mass is 9.70. The summed E-state index contributed by atoms with van der Waals surface area (Å²) in [5.41, 5.74) is 10.8. The van der Waals surface area contributed by atoms with Gasteiger partial charge in [0.1, 0.15) is 0 Å². The molecule has 1 heterocycles. The van der Waals surface area contributed by atoms with E-state index in [2.05, 4.69) is 21.0 Å². The molecule has 2 amide bonds. The number of carbonyl (C=O) groups is 2. The van der Waals surface area contributed by atoms with Crippen LogP contribution in [0.25, 0.3) is 0 Å². The number of nitrogens with zero attached hydrogens (tertiary/aromatic N) is 1. The Kier molecular flexibility index (Phi) is 3.85. The van der Waals surface area contributed by atoms with Gasteiger partial charge in [0, 0.05) is 22.7 Å². The van der Waals surface area contributed by atoms with Gasteiger partial charge in [-0.25, -0.2) is 0 Å². The number of nitrogens with two attached hydrogens (primary N) is 2. The van der Waals surface area contributed by atoms with Gasteiger partial charge in [-0.05, 0) is 25.7 Å². The molecule has 2 rings (SSSR count). The quantitative estimate of drug-likeness (QED) is 0.712. The highest BCUT2D eigenvalue weighted by Crippen LogP contribution is 2.56. The summed E-state index contributed by atoms with van der Waals surface area (Å²) in [7, 11) is 4.44. The van der Waals surface area contributed by atoms with Crippen LogP contribution in [-0.4, -0.2) is 43.5 Å². The predicted octanol–water partition coefficient (Wildman–Crippen LogP) is 0.866. The molecule has 0 aromatic rings. The van der Waals surface area contributed by atoms with Crippen molar-refractivity contribution in [2.45, 2.75) is 39.5 Å². The highest BCUT2D eigenvalue weighted by molar-refractivity contribution is 5.83. The molecule has 3 unspecified atom stereocenters. The number of amides is 2. The standard InChI is InChI=1S/C16H29N3O2/c1-11(13(17)20)7-15(2)10-19(3,4)9-12(15)8-16(5-6-16)14(18)21/h11-12H,5-10H2,1-4H3,(H3-,17,18,20,21)/p+1. The van der Waals surface area contributed by atoms with E-state index in [0.717, 1.165) is 43.3 Å². The van der Waals surface area contributed by atoms with E-state index in [1.807, 2.05) is 6.92 Å². The fraction of sp³-hybridized carbons (Fsp3) is 0.875. The van der Waals surface area contributed by atoms with Gasteiger partial charge in [-0.3, -0.25) is 9.59 Å². The van der Waals surface area contributed by atoms with Gasteiger partial charge < -0.3 is 16.0 Å². The van der Waals surface area contributed by atoms with Crippen molar-refractivity contribution in [1.82, 2.24) is 0 Å². The Morgan fingerprint density at radius 1 is 1.29 bits per heavy atom. The third-order valence-corrected chi connectivity index (χ3v) is 5.76. The lowest BCUT2D eigenvalue weighted by Gasteiger charge is -2.32. The molecule has 1 aliphatic carbocycles. The summed E-state index contributed by atoms with van der Waals surface area (Å²) in [6.45, 7) is 6.21. The number of rotatable bonds is 6. The summed E-state index contributed by atoms with van der Waals surface area (Å²) in [6, 6.07) is 0. The molecular formula is C16H30N3O2+. The minimum atomic E-state index is -0.272. The highest BCUT2D eigenvalue weighted by Gasteiger charge is 2.57. The molecule has 120 valence electrons. The van der Waals surface area contributed by atoms with E-state index in [9.17, 15) is 9.59 Å². The van der Waals surface area contributed by atoms with Crippen molar-refractivity contribution < 1.29 is 14.1 Å². The topological polar surface area (TPSA) is 86.2 Å². The molecule has 3 atom stereocenters. The van der Waals surface area contributed by atoms with Gasteiger partial charge in [0.2, 0.25) is 11.8 Å². The fourth-order valence-corrected chi connectivity index (χ4v) is 4.50. The van der Waals surface area contributed by atoms with Gasteiger partial charge in [0.25, 0.3) is 0 Å². The van der Waals surface area contributed by atoms with E-state index in [0.29, 0.717) is 5.92 Å². The van der Waals surface area contributed by atoms with Gasteiger partial charge in [-0.2, -0.15) is 0 Å². The second-order valence-corrected chi connectivity index (χ2v) is 8.48. The summed E-state index contributed by atoms with van der Waals surface area (Å²) in [6.07, 6.45) is 3.51. The maximum absolute atomic E-state index is 11.7.